The van der Waals surface area contributed by atoms with E-state index in [4.69, 9.17) is 16.6 Å². The van der Waals surface area contributed by atoms with E-state index in [0.29, 0.717) is 0 Å². The molecule has 1 aromatic carbocycles. The third kappa shape index (κ3) is 5.68. The van der Waals surface area contributed by atoms with Gasteiger partial charge in [-0.25, -0.2) is 0 Å². The van der Waals surface area contributed by atoms with Gasteiger partial charge in [-0.3, -0.25) is 25.8 Å². The molecule has 0 spiro atoms. The fraction of sp³-hybridized carbons (Fsp3) is 0. The Labute approximate surface area is 146 Å². The largest absolute Gasteiger partial charge is 0.459 e. The van der Waals surface area contributed by atoms with E-state index < -0.39 is 11.8 Å². The number of hydrogen-bond donors (Lipinski definition) is 3. The predicted molar refractivity (Wildman–Crippen MR) is 93.2 cm³/mol. The predicted octanol–water partition coefficient (Wildman–Crippen LogP) is 2.39. The van der Waals surface area contributed by atoms with Crippen molar-refractivity contribution in [1.82, 2.24) is 16.2 Å². The monoisotopic (exact) mass is 393 g/mol. The number of hydrazine groups is 1. The first-order valence-corrected chi connectivity index (χ1v) is 7.63. The second kappa shape index (κ2) is 8.25. The zero-order valence-electron chi connectivity index (χ0n) is 11.7. The van der Waals surface area contributed by atoms with E-state index in [1.165, 1.54) is 18.4 Å². The van der Waals surface area contributed by atoms with Gasteiger partial charge in [0.1, 0.15) is 0 Å². The lowest BCUT2D eigenvalue weighted by atomic mass is 10.2. The number of thiocarbonyl (C=S) groups is 1. The molecule has 0 unspecified atom stereocenters. The quantitative estimate of drug-likeness (QED) is 0.423. The molecule has 6 nitrogen and oxygen atoms in total. The number of carbonyl (C=O) groups excluding carboxylic acids is 2. The van der Waals surface area contributed by atoms with Gasteiger partial charge >= 0.3 is 5.91 Å². The first kappa shape index (κ1) is 16.9. The average molecular weight is 394 g/mol. The second-order valence-electron chi connectivity index (χ2n) is 4.26. The van der Waals surface area contributed by atoms with Crippen LogP contribution in [0.15, 0.2) is 57.6 Å². The third-order valence-electron chi connectivity index (χ3n) is 2.57. The molecule has 0 bridgehead atoms. The topological polar surface area (TPSA) is 83.4 Å². The summed E-state index contributed by atoms with van der Waals surface area (Å²) in [5.74, 6) is -0.795. The number of benzene rings is 1. The molecule has 1 heterocycles. The minimum absolute atomic E-state index is 0.0321. The van der Waals surface area contributed by atoms with Crippen LogP contribution in [0, 0.1) is 0 Å². The van der Waals surface area contributed by atoms with Crippen molar-refractivity contribution in [2.24, 2.45) is 0 Å². The van der Waals surface area contributed by atoms with Gasteiger partial charge in [0.15, 0.2) is 10.9 Å². The second-order valence-corrected chi connectivity index (χ2v) is 5.58. The Morgan fingerprint density at radius 1 is 1.13 bits per heavy atom. The van der Waals surface area contributed by atoms with Gasteiger partial charge in [-0.15, -0.1) is 0 Å². The molecule has 0 fully saturated rings. The highest BCUT2D eigenvalue weighted by atomic mass is 79.9. The van der Waals surface area contributed by atoms with Crippen LogP contribution in [0.3, 0.4) is 0 Å². The Morgan fingerprint density at radius 2 is 1.87 bits per heavy atom. The van der Waals surface area contributed by atoms with Gasteiger partial charge in [0, 0.05) is 10.5 Å². The van der Waals surface area contributed by atoms with Gasteiger partial charge in [0.2, 0.25) is 5.91 Å². The molecular weight excluding hydrogens is 382 g/mol. The van der Waals surface area contributed by atoms with Crippen molar-refractivity contribution in [1.29, 1.82) is 0 Å². The number of amides is 2. The summed E-state index contributed by atoms with van der Waals surface area (Å²) in [6, 6.07) is 10.5. The highest BCUT2D eigenvalue weighted by molar-refractivity contribution is 9.10. The van der Waals surface area contributed by atoms with Gasteiger partial charge in [0.05, 0.1) is 6.26 Å². The summed E-state index contributed by atoms with van der Waals surface area (Å²) in [5.41, 5.74) is 5.58. The molecule has 2 rings (SSSR count). The number of halogens is 1. The molecule has 23 heavy (non-hydrogen) atoms. The molecule has 0 aliphatic heterocycles. The molecule has 0 saturated heterocycles. The van der Waals surface area contributed by atoms with Crippen molar-refractivity contribution < 1.29 is 14.0 Å². The smallest absolute Gasteiger partial charge is 0.305 e. The molecule has 2 amide bonds. The van der Waals surface area contributed by atoms with Crippen LogP contribution in [0.2, 0.25) is 0 Å². The van der Waals surface area contributed by atoms with Crippen LogP contribution in [0.25, 0.3) is 6.08 Å². The summed E-state index contributed by atoms with van der Waals surface area (Å²) in [4.78, 5) is 23.3. The number of hydrogen-bond acceptors (Lipinski definition) is 4. The highest BCUT2D eigenvalue weighted by Gasteiger charge is 2.08. The number of nitrogens with one attached hydrogen (secondary N) is 3. The van der Waals surface area contributed by atoms with Crippen LogP contribution >= 0.6 is 28.1 Å². The van der Waals surface area contributed by atoms with Crippen LogP contribution in [0.4, 0.5) is 0 Å². The van der Waals surface area contributed by atoms with E-state index in [2.05, 4.69) is 32.1 Å². The summed E-state index contributed by atoms with van der Waals surface area (Å²) in [6.45, 7) is 0. The molecule has 0 radical (unpaired) electrons. The van der Waals surface area contributed by atoms with Gasteiger partial charge in [-0.05, 0) is 48.1 Å². The molecule has 0 aliphatic carbocycles. The molecule has 0 atom stereocenters. The van der Waals surface area contributed by atoms with Gasteiger partial charge in [0.25, 0.3) is 0 Å². The van der Waals surface area contributed by atoms with E-state index in [-0.39, 0.29) is 10.9 Å². The fourth-order valence-electron chi connectivity index (χ4n) is 1.51. The third-order valence-corrected chi connectivity index (χ3v) is 3.30. The molecule has 8 heteroatoms. The Balaban J connectivity index is 1.77. The van der Waals surface area contributed by atoms with Crippen molar-refractivity contribution in [2.45, 2.75) is 0 Å². The molecule has 0 aliphatic rings. The first-order chi connectivity index (χ1) is 11.0. The fourth-order valence-corrected chi connectivity index (χ4v) is 1.93. The molecule has 0 saturated carbocycles. The Hall–Kier alpha value is -2.45. The Morgan fingerprint density at radius 3 is 2.52 bits per heavy atom. The molecule has 118 valence electrons. The number of carbonyl (C=O) groups is 2. The van der Waals surface area contributed by atoms with Crippen molar-refractivity contribution in [3.05, 3.63) is 64.5 Å². The van der Waals surface area contributed by atoms with Crippen LogP contribution < -0.4 is 16.2 Å². The van der Waals surface area contributed by atoms with Crippen LogP contribution in [-0.4, -0.2) is 16.9 Å². The zero-order chi connectivity index (χ0) is 16.7. The van der Waals surface area contributed by atoms with Gasteiger partial charge in [-0.1, -0.05) is 28.1 Å². The Bertz CT molecular complexity index is 727. The van der Waals surface area contributed by atoms with Crippen molar-refractivity contribution in [3.63, 3.8) is 0 Å². The van der Waals surface area contributed by atoms with Crippen molar-refractivity contribution in [2.75, 3.05) is 0 Å². The molecule has 2 aromatic rings. The lowest BCUT2D eigenvalue weighted by Crippen LogP contribution is -2.48. The summed E-state index contributed by atoms with van der Waals surface area (Å²) < 4.78 is 5.86. The van der Waals surface area contributed by atoms with E-state index >= 15 is 0 Å². The summed E-state index contributed by atoms with van der Waals surface area (Å²) in [5, 5.41) is 2.37. The zero-order valence-corrected chi connectivity index (χ0v) is 14.1. The molecular formula is C15H12BrN3O3S. The van der Waals surface area contributed by atoms with E-state index in [1.807, 2.05) is 24.3 Å². The van der Waals surface area contributed by atoms with Gasteiger partial charge < -0.3 is 4.42 Å². The highest BCUT2D eigenvalue weighted by Crippen LogP contribution is 2.11. The van der Waals surface area contributed by atoms with Crippen LogP contribution in [0.5, 0.6) is 0 Å². The Kier molecular flexibility index (Phi) is 6.07. The van der Waals surface area contributed by atoms with Crippen molar-refractivity contribution in [3.8, 4) is 0 Å². The number of furan rings is 1. The lowest BCUT2D eigenvalue weighted by molar-refractivity contribution is -0.115. The standard InChI is InChI=1S/C15H12BrN3O3S/c16-11-6-3-10(4-7-11)5-8-13(20)17-15(23)19-18-14(21)12-2-1-9-22-12/h1-9H,(H,18,21)(H2,17,19,20,23). The van der Waals surface area contributed by atoms with Crippen molar-refractivity contribution >= 4 is 51.2 Å². The first-order valence-electron chi connectivity index (χ1n) is 6.43. The summed E-state index contributed by atoms with van der Waals surface area (Å²) in [6.07, 6.45) is 4.36. The molecule has 3 N–H and O–H groups in total. The maximum absolute atomic E-state index is 11.7. The average Bonchev–Trinajstić information content (AvgIpc) is 3.06. The summed E-state index contributed by atoms with van der Waals surface area (Å²) in [7, 11) is 0. The molecule has 1 aromatic heterocycles. The number of rotatable bonds is 3. The summed E-state index contributed by atoms with van der Waals surface area (Å²) >= 11 is 8.23. The van der Waals surface area contributed by atoms with E-state index in [9.17, 15) is 9.59 Å². The normalized spacial score (nSPS) is 10.3. The van der Waals surface area contributed by atoms with E-state index in [0.717, 1.165) is 10.0 Å². The minimum Gasteiger partial charge on any atom is -0.459 e. The maximum Gasteiger partial charge on any atom is 0.305 e. The van der Waals surface area contributed by atoms with E-state index in [1.54, 1.807) is 12.1 Å². The van der Waals surface area contributed by atoms with Gasteiger partial charge in [-0.2, -0.15) is 0 Å². The lowest BCUT2D eigenvalue weighted by Gasteiger charge is -2.08. The SMILES string of the molecule is O=C(C=Cc1ccc(Br)cc1)NC(=S)NNC(=O)c1ccco1. The van der Waals surface area contributed by atoms with Crippen LogP contribution in [-0.2, 0) is 4.79 Å². The maximum atomic E-state index is 11.7. The van der Waals surface area contributed by atoms with Crippen LogP contribution in [0.1, 0.15) is 16.1 Å². The minimum atomic E-state index is -0.503.